The third-order valence-corrected chi connectivity index (χ3v) is 3.04. The van der Waals surface area contributed by atoms with Gasteiger partial charge in [0.15, 0.2) is 0 Å². The van der Waals surface area contributed by atoms with Crippen molar-refractivity contribution in [3.8, 4) is 11.5 Å². The Morgan fingerprint density at radius 1 is 1.29 bits per heavy atom. The molecule has 0 bridgehead atoms. The molecule has 1 aromatic heterocycles. The molecule has 0 atom stereocenters. The van der Waals surface area contributed by atoms with Crippen LogP contribution in [-0.2, 0) is 14.3 Å². The molecule has 0 aliphatic heterocycles. The quantitative estimate of drug-likeness (QED) is 0.434. The molecular weight excluding hydrogens is 306 g/mol. The number of hydrogen-bond donors (Lipinski definition) is 0. The standard InChI is InChI=1S/C11H11NO.C8H14O3/c1-8-4-3-5-10(6-8)11-12-9(2)7-13-11;1-3-8(9)11-7-5-4-6-10-2/h3-7H,1-2H3;3H,1,4-7H2,2H3. The van der Waals surface area contributed by atoms with Crippen molar-refractivity contribution in [2.45, 2.75) is 26.7 Å². The number of aromatic nitrogens is 1. The molecule has 0 spiro atoms. The summed E-state index contributed by atoms with van der Waals surface area (Å²) in [5, 5.41) is 0. The fourth-order valence-corrected chi connectivity index (χ4v) is 1.84. The second-order valence-electron chi connectivity index (χ2n) is 5.24. The Morgan fingerprint density at radius 3 is 2.62 bits per heavy atom. The molecule has 0 radical (unpaired) electrons. The smallest absolute Gasteiger partial charge is 0.330 e. The highest BCUT2D eigenvalue weighted by atomic mass is 16.5. The van der Waals surface area contributed by atoms with Crippen LogP contribution in [0.2, 0.25) is 0 Å². The number of rotatable bonds is 7. The molecule has 0 aliphatic carbocycles. The summed E-state index contributed by atoms with van der Waals surface area (Å²) in [7, 11) is 1.65. The van der Waals surface area contributed by atoms with E-state index in [-0.39, 0.29) is 5.97 Å². The van der Waals surface area contributed by atoms with E-state index in [1.807, 2.05) is 19.1 Å². The van der Waals surface area contributed by atoms with Gasteiger partial charge in [-0.15, -0.1) is 0 Å². The van der Waals surface area contributed by atoms with Gasteiger partial charge in [-0.05, 0) is 38.8 Å². The molecule has 0 N–H and O–H groups in total. The monoisotopic (exact) mass is 331 g/mol. The number of esters is 1. The lowest BCUT2D eigenvalue weighted by molar-refractivity contribution is -0.137. The van der Waals surface area contributed by atoms with Crippen LogP contribution in [0.1, 0.15) is 24.1 Å². The number of oxazole rings is 1. The molecule has 2 aromatic rings. The first kappa shape index (κ1) is 19.6. The molecule has 24 heavy (non-hydrogen) atoms. The van der Waals surface area contributed by atoms with E-state index in [4.69, 9.17) is 13.9 Å². The molecule has 1 aromatic carbocycles. The average Bonchev–Trinajstić information content (AvgIpc) is 3.01. The van der Waals surface area contributed by atoms with Crippen LogP contribution in [0.3, 0.4) is 0 Å². The van der Waals surface area contributed by atoms with Gasteiger partial charge in [0.2, 0.25) is 5.89 Å². The Bertz CT molecular complexity index is 634. The number of nitrogens with zero attached hydrogens (tertiary/aromatic N) is 1. The molecule has 130 valence electrons. The Labute approximate surface area is 143 Å². The van der Waals surface area contributed by atoms with E-state index >= 15 is 0 Å². The lowest BCUT2D eigenvalue weighted by Gasteiger charge is -2.00. The molecule has 0 fully saturated rings. The van der Waals surface area contributed by atoms with E-state index < -0.39 is 0 Å². The molecule has 0 aliphatic rings. The minimum Gasteiger partial charge on any atom is -0.463 e. The molecule has 5 heteroatoms. The van der Waals surface area contributed by atoms with Crippen LogP contribution in [0, 0.1) is 13.8 Å². The normalized spacial score (nSPS) is 9.79. The highest BCUT2D eigenvalue weighted by Crippen LogP contribution is 2.18. The van der Waals surface area contributed by atoms with Gasteiger partial charge >= 0.3 is 5.97 Å². The fourth-order valence-electron chi connectivity index (χ4n) is 1.84. The maximum absolute atomic E-state index is 10.5. The van der Waals surface area contributed by atoms with E-state index in [2.05, 4.69) is 30.6 Å². The second kappa shape index (κ2) is 11.2. The Kier molecular flexibility index (Phi) is 9.16. The molecular formula is C19H25NO4. The number of unbranched alkanes of at least 4 members (excludes halogenated alkanes) is 1. The van der Waals surface area contributed by atoms with Crippen molar-refractivity contribution in [3.05, 3.63) is 54.4 Å². The zero-order valence-corrected chi connectivity index (χ0v) is 14.6. The summed E-state index contributed by atoms with van der Waals surface area (Å²) in [4.78, 5) is 14.7. The van der Waals surface area contributed by atoms with Crippen molar-refractivity contribution in [2.75, 3.05) is 20.3 Å². The van der Waals surface area contributed by atoms with Gasteiger partial charge in [0.05, 0.1) is 12.3 Å². The van der Waals surface area contributed by atoms with Crippen LogP contribution < -0.4 is 0 Å². The second-order valence-corrected chi connectivity index (χ2v) is 5.24. The van der Waals surface area contributed by atoms with Crippen LogP contribution in [0.25, 0.3) is 11.5 Å². The number of benzene rings is 1. The Balaban J connectivity index is 0.000000245. The van der Waals surface area contributed by atoms with Crippen molar-refractivity contribution in [3.63, 3.8) is 0 Å². The maximum Gasteiger partial charge on any atom is 0.330 e. The number of hydrogen-bond acceptors (Lipinski definition) is 5. The minimum atomic E-state index is -0.359. The summed E-state index contributed by atoms with van der Waals surface area (Å²) in [6.07, 6.45) is 4.59. The van der Waals surface area contributed by atoms with E-state index in [1.54, 1.807) is 13.4 Å². The Hall–Kier alpha value is -2.40. The highest BCUT2D eigenvalue weighted by Gasteiger charge is 2.03. The van der Waals surface area contributed by atoms with Crippen LogP contribution in [0.15, 0.2) is 47.6 Å². The van der Waals surface area contributed by atoms with Crippen LogP contribution >= 0.6 is 0 Å². The number of carbonyl (C=O) groups excluding carboxylic acids is 1. The van der Waals surface area contributed by atoms with Gasteiger partial charge in [-0.3, -0.25) is 0 Å². The van der Waals surface area contributed by atoms with Crippen molar-refractivity contribution >= 4 is 5.97 Å². The predicted octanol–water partition coefficient (Wildman–Crippen LogP) is 4.10. The van der Waals surface area contributed by atoms with Gasteiger partial charge < -0.3 is 13.9 Å². The summed E-state index contributed by atoms with van der Waals surface area (Å²) < 4.78 is 14.8. The summed E-state index contributed by atoms with van der Waals surface area (Å²) >= 11 is 0. The lowest BCUT2D eigenvalue weighted by Crippen LogP contribution is -2.02. The number of aryl methyl sites for hydroxylation is 2. The lowest BCUT2D eigenvalue weighted by atomic mass is 10.1. The molecule has 0 saturated heterocycles. The van der Waals surface area contributed by atoms with Gasteiger partial charge in [-0.2, -0.15) is 0 Å². The highest BCUT2D eigenvalue weighted by molar-refractivity contribution is 5.81. The molecule has 0 saturated carbocycles. The number of methoxy groups -OCH3 is 1. The first-order chi connectivity index (χ1) is 11.6. The van der Waals surface area contributed by atoms with Gasteiger partial charge in [-0.1, -0.05) is 24.3 Å². The summed E-state index contributed by atoms with van der Waals surface area (Å²) in [6, 6.07) is 8.12. The van der Waals surface area contributed by atoms with Crippen molar-refractivity contribution < 1.29 is 18.7 Å². The van der Waals surface area contributed by atoms with Crippen LogP contribution in [0.5, 0.6) is 0 Å². The topological polar surface area (TPSA) is 61.6 Å². The summed E-state index contributed by atoms with van der Waals surface area (Å²) in [6.45, 7) is 8.42. The summed E-state index contributed by atoms with van der Waals surface area (Å²) in [5.41, 5.74) is 3.16. The largest absolute Gasteiger partial charge is 0.463 e. The van der Waals surface area contributed by atoms with E-state index in [1.165, 1.54) is 5.56 Å². The summed E-state index contributed by atoms with van der Waals surface area (Å²) in [5.74, 6) is 0.337. The van der Waals surface area contributed by atoms with E-state index in [9.17, 15) is 4.79 Å². The van der Waals surface area contributed by atoms with Gasteiger partial charge in [0.25, 0.3) is 0 Å². The average molecular weight is 331 g/mol. The van der Waals surface area contributed by atoms with Gasteiger partial charge in [-0.25, -0.2) is 9.78 Å². The van der Waals surface area contributed by atoms with Crippen LogP contribution in [-0.4, -0.2) is 31.3 Å². The molecule has 0 amide bonds. The first-order valence-corrected chi connectivity index (χ1v) is 7.84. The van der Waals surface area contributed by atoms with Gasteiger partial charge in [0.1, 0.15) is 6.26 Å². The minimum absolute atomic E-state index is 0.359. The molecule has 0 unspecified atom stereocenters. The number of carbonyl (C=O) groups is 1. The number of ether oxygens (including phenoxy) is 2. The van der Waals surface area contributed by atoms with Crippen molar-refractivity contribution in [2.24, 2.45) is 0 Å². The zero-order valence-electron chi connectivity index (χ0n) is 14.6. The molecule has 2 rings (SSSR count). The van der Waals surface area contributed by atoms with Gasteiger partial charge in [0, 0.05) is 25.4 Å². The molecule has 5 nitrogen and oxygen atoms in total. The third kappa shape index (κ3) is 7.74. The zero-order chi connectivity index (χ0) is 17.8. The van der Waals surface area contributed by atoms with E-state index in [0.29, 0.717) is 19.1 Å². The Morgan fingerprint density at radius 2 is 2.04 bits per heavy atom. The third-order valence-electron chi connectivity index (χ3n) is 3.04. The SMILES string of the molecule is C=CC(=O)OCCCCOC.Cc1cccc(-c2nc(C)co2)c1. The van der Waals surface area contributed by atoms with Crippen molar-refractivity contribution in [1.82, 2.24) is 4.98 Å². The fraction of sp³-hybridized carbons (Fsp3) is 0.368. The van der Waals surface area contributed by atoms with Crippen LogP contribution in [0.4, 0.5) is 0 Å². The maximum atomic E-state index is 10.5. The van der Waals surface area contributed by atoms with Crippen molar-refractivity contribution in [1.29, 1.82) is 0 Å². The predicted molar refractivity (Wildman–Crippen MR) is 93.7 cm³/mol. The first-order valence-electron chi connectivity index (χ1n) is 7.84. The van der Waals surface area contributed by atoms with E-state index in [0.717, 1.165) is 30.2 Å². The molecule has 1 heterocycles.